The van der Waals surface area contributed by atoms with Gasteiger partial charge in [0.2, 0.25) is 15.0 Å². The van der Waals surface area contributed by atoms with E-state index in [1.807, 2.05) is 50.2 Å². The van der Waals surface area contributed by atoms with E-state index in [4.69, 9.17) is 4.98 Å². The van der Waals surface area contributed by atoms with E-state index in [9.17, 15) is 8.42 Å². The summed E-state index contributed by atoms with van der Waals surface area (Å²) in [5.74, 6) is 0. The van der Waals surface area contributed by atoms with Crippen LogP contribution in [-0.2, 0) is 23.0 Å². The zero-order valence-corrected chi connectivity index (χ0v) is 17.2. The van der Waals surface area contributed by atoms with Crippen molar-refractivity contribution in [3.8, 4) is 11.3 Å². The van der Waals surface area contributed by atoms with Crippen molar-refractivity contribution in [2.75, 3.05) is 0 Å². The van der Waals surface area contributed by atoms with Crippen LogP contribution in [0, 0.1) is 6.92 Å². The van der Waals surface area contributed by atoms with E-state index >= 15 is 0 Å². The number of nitrogens with zero attached hydrogens (tertiary/aromatic N) is 3. The standard InChI is InChI=1S/C20H20N4O2S2/c1-3-18-23-24-17(13-21-28(25,26)16-11-7-8-14(2)12-16)19(22-20(24)27-18)15-9-5-4-6-10-15/h4-12,21H,3,13H2,1-2H3. The van der Waals surface area contributed by atoms with Gasteiger partial charge < -0.3 is 0 Å². The molecule has 0 saturated carbocycles. The van der Waals surface area contributed by atoms with Gasteiger partial charge in [-0.3, -0.25) is 0 Å². The normalized spacial score (nSPS) is 11.9. The number of hydrogen-bond donors (Lipinski definition) is 1. The molecule has 1 N–H and O–H groups in total. The van der Waals surface area contributed by atoms with Crippen molar-refractivity contribution in [1.82, 2.24) is 19.3 Å². The molecule has 0 saturated heterocycles. The summed E-state index contributed by atoms with van der Waals surface area (Å²) in [6.45, 7) is 4.01. The minimum absolute atomic E-state index is 0.106. The van der Waals surface area contributed by atoms with Gasteiger partial charge in [0.05, 0.1) is 22.8 Å². The second kappa shape index (κ2) is 7.46. The van der Waals surface area contributed by atoms with Crippen LogP contribution in [0.15, 0.2) is 59.5 Å². The first-order valence-corrected chi connectivity index (χ1v) is 11.3. The predicted molar refractivity (Wildman–Crippen MR) is 111 cm³/mol. The first-order chi connectivity index (χ1) is 13.5. The number of benzene rings is 2. The van der Waals surface area contributed by atoms with Gasteiger partial charge in [-0.1, -0.05) is 60.7 Å². The van der Waals surface area contributed by atoms with E-state index in [1.165, 1.54) is 11.3 Å². The molecule has 0 amide bonds. The Bertz CT molecular complexity index is 1230. The highest BCUT2D eigenvalue weighted by atomic mass is 32.2. The van der Waals surface area contributed by atoms with Gasteiger partial charge in [-0.2, -0.15) is 5.10 Å². The third-order valence-corrected chi connectivity index (χ3v) is 6.87. The summed E-state index contributed by atoms with van der Waals surface area (Å²) < 4.78 is 30.0. The van der Waals surface area contributed by atoms with Crippen molar-refractivity contribution < 1.29 is 8.42 Å². The lowest BCUT2D eigenvalue weighted by molar-refractivity contribution is 0.579. The van der Waals surface area contributed by atoms with E-state index in [0.717, 1.165) is 38.9 Å². The first kappa shape index (κ1) is 18.8. The number of aromatic nitrogens is 3. The molecule has 0 aliphatic heterocycles. The van der Waals surface area contributed by atoms with Crippen LogP contribution in [-0.4, -0.2) is 23.0 Å². The molecule has 2 aromatic heterocycles. The monoisotopic (exact) mass is 412 g/mol. The Morgan fingerprint density at radius 1 is 1.11 bits per heavy atom. The van der Waals surface area contributed by atoms with Gasteiger partial charge >= 0.3 is 0 Å². The Hall–Kier alpha value is -2.55. The molecule has 0 aliphatic carbocycles. The van der Waals surface area contributed by atoms with Crippen LogP contribution in [0.25, 0.3) is 16.2 Å². The summed E-state index contributed by atoms with van der Waals surface area (Å²) in [5, 5.41) is 5.57. The SMILES string of the molecule is CCc1nn2c(CNS(=O)(=O)c3cccc(C)c3)c(-c3ccccc3)nc2s1. The molecule has 4 rings (SSSR count). The number of imidazole rings is 1. The molecule has 0 aliphatic rings. The van der Waals surface area contributed by atoms with Crippen LogP contribution in [0.1, 0.15) is 23.2 Å². The maximum atomic E-state index is 12.8. The molecule has 144 valence electrons. The second-order valence-electron chi connectivity index (χ2n) is 6.46. The van der Waals surface area contributed by atoms with Crippen molar-refractivity contribution >= 4 is 26.3 Å². The minimum Gasteiger partial charge on any atom is -0.217 e. The maximum absolute atomic E-state index is 12.8. The number of hydrogen-bond acceptors (Lipinski definition) is 5. The van der Waals surface area contributed by atoms with Gasteiger partial charge in [0.25, 0.3) is 0 Å². The number of nitrogens with one attached hydrogen (secondary N) is 1. The molecule has 0 radical (unpaired) electrons. The van der Waals surface area contributed by atoms with E-state index in [1.54, 1.807) is 22.7 Å². The fraction of sp³-hybridized carbons (Fsp3) is 0.200. The highest BCUT2D eigenvalue weighted by Gasteiger charge is 2.21. The van der Waals surface area contributed by atoms with Gasteiger partial charge in [0.1, 0.15) is 5.01 Å². The lowest BCUT2D eigenvalue weighted by atomic mass is 10.1. The lowest BCUT2D eigenvalue weighted by Gasteiger charge is -2.08. The van der Waals surface area contributed by atoms with E-state index in [0.29, 0.717) is 0 Å². The lowest BCUT2D eigenvalue weighted by Crippen LogP contribution is -2.24. The van der Waals surface area contributed by atoms with Crippen LogP contribution in [0.4, 0.5) is 0 Å². The molecule has 0 spiro atoms. The fourth-order valence-corrected chi connectivity index (χ4v) is 4.93. The number of rotatable bonds is 6. The summed E-state index contributed by atoms with van der Waals surface area (Å²) in [6, 6.07) is 16.6. The van der Waals surface area contributed by atoms with Gasteiger partial charge in [-0.25, -0.2) is 22.6 Å². The smallest absolute Gasteiger partial charge is 0.217 e. The largest absolute Gasteiger partial charge is 0.240 e. The Balaban J connectivity index is 1.73. The van der Waals surface area contributed by atoms with E-state index in [2.05, 4.69) is 9.82 Å². The topological polar surface area (TPSA) is 76.4 Å². The molecule has 2 aromatic carbocycles. The van der Waals surface area contributed by atoms with Crippen LogP contribution in [0.2, 0.25) is 0 Å². The Labute approximate surface area is 167 Å². The summed E-state index contributed by atoms with van der Waals surface area (Å²) in [6.07, 6.45) is 0.809. The highest BCUT2D eigenvalue weighted by Crippen LogP contribution is 2.27. The minimum atomic E-state index is -3.64. The average molecular weight is 413 g/mol. The van der Waals surface area contributed by atoms with Crippen molar-refractivity contribution in [3.05, 3.63) is 70.9 Å². The molecule has 0 bridgehead atoms. The molecule has 2 heterocycles. The zero-order valence-electron chi connectivity index (χ0n) is 15.6. The summed E-state index contributed by atoms with van der Waals surface area (Å²) in [4.78, 5) is 5.74. The summed E-state index contributed by atoms with van der Waals surface area (Å²) in [5.41, 5.74) is 3.30. The van der Waals surface area contributed by atoms with Crippen LogP contribution in [0.5, 0.6) is 0 Å². The number of aryl methyl sites for hydroxylation is 2. The fourth-order valence-electron chi connectivity index (χ4n) is 2.99. The molecule has 8 heteroatoms. The highest BCUT2D eigenvalue weighted by molar-refractivity contribution is 7.89. The number of sulfonamides is 1. The molecular formula is C20H20N4O2S2. The molecule has 0 unspecified atom stereocenters. The van der Waals surface area contributed by atoms with Gasteiger partial charge in [-0.15, -0.1) is 0 Å². The van der Waals surface area contributed by atoms with Crippen molar-refractivity contribution in [2.45, 2.75) is 31.7 Å². The molecule has 0 atom stereocenters. The zero-order chi connectivity index (χ0) is 19.7. The molecular weight excluding hydrogens is 392 g/mol. The van der Waals surface area contributed by atoms with Crippen molar-refractivity contribution in [2.24, 2.45) is 0 Å². The first-order valence-electron chi connectivity index (χ1n) is 8.97. The van der Waals surface area contributed by atoms with Gasteiger partial charge in [-0.05, 0) is 31.0 Å². The van der Waals surface area contributed by atoms with Crippen LogP contribution < -0.4 is 4.72 Å². The van der Waals surface area contributed by atoms with Crippen LogP contribution in [0.3, 0.4) is 0 Å². The molecule has 4 aromatic rings. The third-order valence-electron chi connectivity index (χ3n) is 4.42. The summed E-state index contributed by atoms with van der Waals surface area (Å²) >= 11 is 1.52. The third kappa shape index (κ3) is 3.58. The number of fused-ring (bicyclic) bond motifs is 1. The molecule has 6 nitrogen and oxygen atoms in total. The molecule has 0 fully saturated rings. The Kier molecular flexibility index (Phi) is 5.01. The maximum Gasteiger partial charge on any atom is 0.240 e. The molecule has 28 heavy (non-hydrogen) atoms. The van der Waals surface area contributed by atoms with Crippen LogP contribution >= 0.6 is 11.3 Å². The van der Waals surface area contributed by atoms with E-state index < -0.39 is 10.0 Å². The van der Waals surface area contributed by atoms with E-state index in [-0.39, 0.29) is 11.4 Å². The van der Waals surface area contributed by atoms with Gasteiger partial charge in [0.15, 0.2) is 0 Å². The summed E-state index contributed by atoms with van der Waals surface area (Å²) in [7, 11) is -3.64. The Morgan fingerprint density at radius 3 is 2.61 bits per heavy atom. The average Bonchev–Trinajstić information content (AvgIpc) is 3.25. The Morgan fingerprint density at radius 2 is 1.89 bits per heavy atom. The predicted octanol–water partition coefficient (Wildman–Crippen LogP) is 3.81. The van der Waals surface area contributed by atoms with Crippen molar-refractivity contribution in [1.29, 1.82) is 0 Å². The second-order valence-corrected chi connectivity index (χ2v) is 9.27. The van der Waals surface area contributed by atoms with Crippen molar-refractivity contribution in [3.63, 3.8) is 0 Å². The van der Waals surface area contributed by atoms with Gasteiger partial charge in [0, 0.05) is 5.56 Å². The quantitative estimate of drug-likeness (QED) is 0.522.